The number of methoxy groups -OCH3 is 3. The minimum Gasteiger partial charge on any atom is -0.478 e. The zero-order chi connectivity index (χ0) is 91.4. The van der Waals surface area contributed by atoms with Crippen LogP contribution in [0.3, 0.4) is 0 Å². The molecule has 664 valence electrons. The summed E-state index contributed by atoms with van der Waals surface area (Å²) in [4.78, 5) is 112. The molecule has 5 N–H and O–H groups in total. The molecule has 15 rings (SSSR count). The molecule has 6 aromatic carbocycles. The van der Waals surface area contributed by atoms with Gasteiger partial charge in [-0.05, 0) is 201 Å². The van der Waals surface area contributed by atoms with Crippen molar-refractivity contribution in [3.63, 3.8) is 0 Å². The van der Waals surface area contributed by atoms with Gasteiger partial charge in [0.1, 0.15) is 17.5 Å². The summed E-state index contributed by atoms with van der Waals surface area (Å²) in [7, 11) is 4.13. The Hall–Kier alpha value is -9.21. The fourth-order valence-corrected chi connectivity index (χ4v) is 20.0. The minimum absolute atomic E-state index is 0.00258. The lowest BCUT2D eigenvalue weighted by molar-refractivity contribution is -0.132. The van der Waals surface area contributed by atoms with Gasteiger partial charge in [-0.1, -0.05) is 106 Å². The summed E-state index contributed by atoms with van der Waals surface area (Å²) in [5.74, 6) is -6.05. The predicted octanol–water partition coefficient (Wildman–Crippen LogP) is 16.4. The van der Waals surface area contributed by atoms with Crippen LogP contribution in [0.15, 0.2) is 150 Å². The predicted molar refractivity (Wildman–Crippen MR) is 469 cm³/mol. The first kappa shape index (κ1) is 94.4. The van der Waals surface area contributed by atoms with Crippen molar-refractivity contribution in [2.45, 2.75) is 140 Å². The first-order valence-electron chi connectivity index (χ1n) is 40.4. The molecule has 6 aliphatic rings. The summed E-state index contributed by atoms with van der Waals surface area (Å²) in [6.07, 6.45) is 7.31. The number of fused-ring (bicyclic) bond motifs is 3. The molecule has 24 nitrogen and oxygen atoms in total. The lowest BCUT2D eigenvalue weighted by Gasteiger charge is -2.40. The summed E-state index contributed by atoms with van der Waals surface area (Å²) >= 11 is 40.1. The molecule has 6 amide bonds. The van der Waals surface area contributed by atoms with Gasteiger partial charge in [-0.25, -0.2) is 18.0 Å². The average Bonchev–Trinajstić information content (AvgIpc) is 1.56. The molecule has 0 radical (unpaired) electrons. The number of ether oxygens (including phenoxy) is 3. The maximum atomic E-state index is 16.4. The van der Waals surface area contributed by atoms with E-state index < -0.39 is 75.1 Å². The standard InChI is InChI=1S/C31H30Cl2FN3O6.C31H32Cl2FN3O5.C30H29BrCl2FN3O4/c1-17(38)36-10-8-18(9-11-36)30(2,42)20-12-24-27(25(34)13-20)31(43-3,19-4-6-21(32)7-5-19)37(28(24)39)16-26-23(29(40)41)14-22(33)15-35-26;1-18(39)36-10-8-20(9-11-36)30(2,41)22-13-25-28(26(34)14-22)31(42-3,21-4-6-23(32)7-5-21)37(29(25)40)16-27-19(17-38)12-24(33)15-35-27;1-17(38)36-10-8-18(9-11-36)29(2,40)20-12-23-27(25(34)13-20)30(41-3,19-4-6-21(32)7-5-19)37(28(23)39)16-26-24(31)14-22(33)15-35-26/h4-7,12-15,18,42H,8-11,16H2,1-3H3,(H,40,41);4-7,12-15,20,38,41H,8-11,16-17H2,1-3H3;4-7,12-15,18,40H,8-11,16H2,1-3H3. The van der Waals surface area contributed by atoms with Crippen molar-refractivity contribution >= 4 is 127 Å². The molecule has 6 unspecified atom stereocenters. The van der Waals surface area contributed by atoms with Crippen LogP contribution < -0.4 is 0 Å². The molecule has 3 saturated heterocycles. The maximum absolute atomic E-state index is 16.4. The number of aromatic nitrogens is 3. The molecule has 0 spiro atoms. The van der Waals surface area contributed by atoms with Crippen molar-refractivity contribution in [2.75, 3.05) is 60.6 Å². The van der Waals surface area contributed by atoms with Crippen LogP contribution in [-0.4, -0.2) is 172 Å². The number of benzene rings is 6. The second-order valence-electron chi connectivity index (χ2n) is 32.6. The number of amides is 6. The van der Waals surface area contributed by atoms with Gasteiger partial charge in [0, 0.05) is 142 Å². The van der Waals surface area contributed by atoms with Crippen molar-refractivity contribution in [2.24, 2.45) is 17.8 Å². The number of rotatable bonds is 20. The summed E-state index contributed by atoms with van der Waals surface area (Å²) in [5.41, 5.74) is -6.41. The largest absolute Gasteiger partial charge is 0.478 e. The van der Waals surface area contributed by atoms with Gasteiger partial charge in [-0.2, -0.15) is 0 Å². The first-order valence-corrected chi connectivity index (χ1v) is 43.5. The number of aliphatic hydroxyl groups excluding tert-OH is 1. The van der Waals surface area contributed by atoms with Gasteiger partial charge >= 0.3 is 5.97 Å². The van der Waals surface area contributed by atoms with Gasteiger partial charge in [0.2, 0.25) is 17.7 Å². The number of aliphatic hydroxyl groups is 4. The van der Waals surface area contributed by atoms with Gasteiger partial charge in [0.15, 0.2) is 17.2 Å². The molecule has 6 atom stereocenters. The Morgan fingerprint density at radius 1 is 0.437 bits per heavy atom. The topological polar surface area (TPSA) is 306 Å². The molecular formula is C92H91BrCl6F3N9O15. The van der Waals surface area contributed by atoms with Gasteiger partial charge in [-0.15, -0.1) is 0 Å². The second-order valence-corrected chi connectivity index (χ2v) is 36.1. The number of aromatic carboxylic acids is 1. The van der Waals surface area contributed by atoms with E-state index in [9.17, 15) is 59.1 Å². The number of likely N-dealkylation sites (tertiary alicyclic amines) is 3. The highest BCUT2D eigenvalue weighted by Gasteiger charge is 2.59. The highest BCUT2D eigenvalue weighted by atomic mass is 79.9. The van der Waals surface area contributed by atoms with E-state index in [0.29, 0.717) is 141 Å². The number of carboxylic acid groups (broad SMARTS) is 1. The lowest BCUT2D eigenvalue weighted by Crippen LogP contribution is -2.46. The normalized spacial score (nSPS) is 20.5. The Morgan fingerprint density at radius 2 is 0.714 bits per heavy atom. The van der Waals surface area contributed by atoms with Gasteiger partial charge in [0.05, 0.1) is 114 Å². The van der Waals surface area contributed by atoms with Crippen LogP contribution in [0.2, 0.25) is 30.1 Å². The summed E-state index contributed by atoms with van der Waals surface area (Å²) in [6.45, 7) is 11.4. The van der Waals surface area contributed by atoms with Crippen molar-refractivity contribution in [3.8, 4) is 0 Å². The molecular weight excluding hydrogens is 1820 g/mol. The van der Waals surface area contributed by atoms with Crippen LogP contribution in [0.4, 0.5) is 13.2 Å². The minimum atomic E-state index is -1.82. The molecule has 0 bridgehead atoms. The number of carbonyl (C=O) groups excluding carboxylic acids is 6. The highest BCUT2D eigenvalue weighted by molar-refractivity contribution is 9.10. The fraction of sp³-hybridized carbons (Fsp3) is 0.370. The van der Waals surface area contributed by atoms with Crippen LogP contribution >= 0.6 is 85.5 Å². The second kappa shape index (κ2) is 37.5. The first-order chi connectivity index (χ1) is 59.6. The van der Waals surface area contributed by atoms with E-state index in [2.05, 4.69) is 30.9 Å². The fourth-order valence-electron chi connectivity index (χ4n) is 18.5. The van der Waals surface area contributed by atoms with Crippen LogP contribution in [0.25, 0.3) is 0 Å². The van der Waals surface area contributed by atoms with E-state index in [4.69, 9.17) is 83.8 Å². The molecule has 9 heterocycles. The summed E-state index contributed by atoms with van der Waals surface area (Å²) in [6, 6.07) is 32.4. The van der Waals surface area contributed by atoms with Crippen molar-refractivity contribution in [1.82, 2.24) is 44.4 Å². The van der Waals surface area contributed by atoms with Crippen molar-refractivity contribution in [3.05, 3.63) is 293 Å². The number of nitrogens with zero attached hydrogens (tertiary/aromatic N) is 9. The van der Waals surface area contributed by atoms with E-state index >= 15 is 13.2 Å². The van der Waals surface area contributed by atoms with Crippen LogP contribution in [0.1, 0.15) is 194 Å². The zero-order valence-corrected chi connectivity index (χ0v) is 76.1. The molecule has 9 aromatic rings. The third-order valence-electron chi connectivity index (χ3n) is 25.6. The van der Waals surface area contributed by atoms with Crippen LogP contribution in [0, 0.1) is 35.2 Å². The Morgan fingerprint density at radius 3 is 1.00 bits per heavy atom. The number of pyridine rings is 3. The highest BCUT2D eigenvalue weighted by Crippen LogP contribution is 2.54. The van der Waals surface area contributed by atoms with E-state index in [1.807, 2.05) is 0 Å². The van der Waals surface area contributed by atoms with E-state index in [1.54, 1.807) is 126 Å². The molecule has 34 heteroatoms. The average molecular weight is 1910 g/mol. The van der Waals surface area contributed by atoms with Crippen LogP contribution in [-0.2, 0) is 88.8 Å². The van der Waals surface area contributed by atoms with Crippen molar-refractivity contribution < 1.29 is 86.5 Å². The Labute approximate surface area is 764 Å². The monoisotopic (exact) mass is 1910 g/mol. The Balaban J connectivity index is 0.000000162. The molecule has 6 aliphatic heterocycles. The van der Waals surface area contributed by atoms with Gasteiger partial charge in [0.25, 0.3) is 17.7 Å². The number of hydrogen-bond donors (Lipinski definition) is 5. The zero-order valence-electron chi connectivity index (χ0n) is 70.0. The molecule has 126 heavy (non-hydrogen) atoms. The Bertz CT molecular complexity index is 5750. The summed E-state index contributed by atoms with van der Waals surface area (Å²) < 4.78 is 68.0. The van der Waals surface area contributed by atoms with E-state index in [1.165, 1.54) is 112 Å². The van der Waals surface area contributed by atoms with Gasteiger partial charge < -0.3 is 54.4 Å². The van der Waals surface area contributed by atoms with E-state index in [-0.39, 0.29) is 128 Å². The SMILES string of the molecule is COC1(c2ccc(Cl)cc2)c2c(F)cc(C(C)(O)C3CCN(C(C)=O)CC3)cc2C(=O)N1Cc1ncc(Cl)cc1Br.COC1(c2ccc(Cl)cc2)c2c(F)cc(C(C)(O)C3CCN(C(C)=O)CC3)cc2C(=O)N1Cc1ncc(Cl)cc1C(=O)O.COC1(c2ccc(Cl)cc2)c2c(F)cc(C(C)(O)C3CCN(C(C)=O)CC3)cc2C(=O)N1Cc1ncc(Cl)cc1CO. The number of carbonyl (C=O) groups is 7. The van der Waals surface area contributed by atoms with E-state index in [0.717, 1.165) is 0 Å². The Kier molecular flexibility index (Phi) is 28.1. The third-order valence-corrected chi connectivity index (χ3v) is 27.6. The number of piperidine rings is 3. The number of halogens is 10. The van der Waals surface area contributed by atoms with Crippen LogP contribution in [0.5, 0.6) is 0 Å². The number of hydrogen-bond acceptors (Lipinski definition) is 17. The smallest absolute Gasteiger partial charge is 0.337 e. The molecule has 3 aromatic heterocycles. The van der Waals surface area contributed by atoms with Crippen molar-refractivity contribution in [1.29, 1.82) is 0 Å². The maximum Gasteiger partial charge on any atom is 0.337 e. The summed E-state index contributed by atoms with van der Waals surface area (Å²) in [5, 5.41) is 57.1. The molecule has 3 fully saturated rings. The molecule has 0 saturated carbocycles. The molecule has 0 aliphatic carbocycles. The van der Waals surface area contributed by atoms with Gasteiger partial charge in [-0.3, -0.25) is 58.4 Å². The lowest BCUT2D eigenvalue weighted by atomic mass is 9.76. The quantitative estimate of drug-likeness (QED) is 0.0473. The number of carboxylic acids is 1. The third kappa shape index (κ3) is 17.6.